The molecular formula is C14H16N4O. The maximum absolute atomic E-state index is 10.1. The molecule has 0 bridgehead atoms. The molecule has 0 atom stereocenters. The van der Waals surface area contributed by atoms with E-state index in [1.165, 1.54) is 0 Å². The number of hydrogen-bond acceptors (Lipinski definition) is 3. The van der Waals surface area contributed by atoms with E-state index in [-0.39, 0.29) is 5.76 Å². The van der Waals surface area contributed by atoms with E-state index < -0.39 is 0 Å². The molecule has 1 aromatic carbocycles. The standard InChI is InChI=1S/C14H16N4O/c1-2-7-18-8-11(19)12(13(18)15)14-16-9-5-3-4-6-10(9)17-14/h3-6,15,19H,2,7-8H2,1H3,(H,16,17). The summed E-state index contributed by atoms with van der Waals surface area (Å²) < 4.78 is 0. The molecule has 1 aliphatic heterocycles. The van der Waals surface area contributed by atoms with Crippen LogP contribution in [-0.4, -0.2) is 38.9 Å². The molecule has 0 saturated carbocycles. The predicted molar refractivity (Wildman–Crippen MR) is 75.2 cm³/mol. The van der Waals surface area contributed by atoms with Gasteiger partial charge < -0.3 is 15.0 Å². The molecule has 98 valence electrons. The number of aliphatic hydroxyl groups excluding tert-OH is 1. The van der Waals surface area contributed by atoms with Crippen molar-refractivity contribution in [1.29, 1.82) is 5.41 Å². The molecular weight excluding hydrogens is 240 g/mol. The van der Waals surface area contributed by atoms with E-state index in [0.29, 0.717) is 23.8 Å². The molecule has 5 heteroatoms. The van der Waals surface area contributed by atoms with Crippen molar-refractivity contribution >= 4 is 22.4 Å². The van der Waals surface area contributed by atoms with Crippen molar-refractivity contribution in [2.24, 2.45) is 0 Å². The Bertz CT molecular complexity index is 638. The van der Waals surface area contributed by atoms with E-state index in [9.17, 15) is 5.11 Å². The number of H-pyrrole nitrogens is 1. The monoisotopic (exact) mass is 256 g/mol. The van der Waals surface area contributed by atoms with Gasteiger partial charge in [0.15, 0.2) is 0 Å². The number of benzene rings is 1. The zero-order valence-corrected chi connectivity index (χ0v) is 10.8. The number of aliphatic hydroxyl groups is 1. The van der Waals surface area contributed by atoms with Crippen molar-refractivity contribution in [2.45, 2.75) is 13.3 Å². The third kappa shape index (κ3) is 1.87. The molecule has 2 aromatic rings. The third-order valence-electron chi connectivity index (χ3n) is 3.30. The molecule has 0 spiro atoms. The lowest BCUT2D eigenvalue weighted by molar-refractivity contribution is 0.350. The average molecular weight is 256 g/mol. The zero-order chi connectivity index (χ0) is 13.4. The highest BCUT2D eigenvalue weighted by Gasteiger charge is 2.29. The number of amidine groups is 1. The van der Waals surface area contributed by atoms with Crippen LogP contribution in [-0.2, 0) is 0 Å². The van der Waals surface area contributed by atoms with Crippen molar-refractivity contribution in [3.05, 3.63) is 35.8 Å². The molecule has 0 fully saturated rings. The summed E-state index contributed by atoms with van der Waals surface area (Å²) in [6.07, 6.45) is 0.947. The Balaban J connectivity index is 2.01. The van der Waals surface area contributed by atoms with Gasteiger partial charge >= 0.3 is 0 Å². The number of nitrogens with one attached hydrogen (secondary N) is 2. The van der Waals surface area contributed by atoms with E-state index >= 15 is 0 Å². The zero-order valence-electron chi connectivity index (χ0n) is 10.8. The predicted octanol–water partition coefficient (Wildman–Crippen LogP) is 2.53. The molecule has 5 nitrogen and oxygen atoms in total. The van der Waals surface area contributed by atoms with E-state index in [4.69, 9.17) is 5.41 Å². The fourth-order valence-corrected chi connectivity index (χ4v) is 2.41. The second-order valence-corrected chi connectivity index (χ2v) is 4.69. The first kappa shape index (κ1) is 11.8. The van der Waals surface area contributed by atoms with E-state index in [1.54, 1.807) is 0 Å². The van der Waals surface area contributed by atoms with E-state index in [1.807, 2.05) is 29.2 Å². The Hall–Kier alpha value is -2.30. The lowest BCUT2D eigenvalue weighted by atomic mass is 10.2. The lowest BCUT2D eigenvalue weighted by Gasteiger charge is -2.16. The number of aromatic nitrogens is 2. The van der Waals surface area contributed by atoms with Crippen molar-refractivity contribution < 1.29 is 5.11 Å². The van der Waals surface area contributed by atoms with Crippen LogP contribution in [0, 0.1) is 5.41 Å². The number of para-hydroxylation sites is 2. The Morgan fingerprint density at radius 2 is 2.21 bits per heavy atom. The topological polar surface area (TPSA) is 76.0 Å². The summed E-state index contributed by atoms with van der Waals surface area (Å²) in [5.41, 5.74) is 2.28. The van der Waals surface area contributed by atoms with Gasteiger partial charge in [-0.05, 0) is 18.6 Å². The summed E-state index contributed by atoms with van der Waals surface area (Å²) in [5, 5.41) is 18.2. The minimum absolute atomic E-state index is 0.220. The Morgan fingerprint density at radius 3 is 2.95 bits per heavy atom. The summed E-state index contributed by atoms with van der Waals surface area (Å²) in [6, 6.07) is 7.70. The van der Waals surface area contributed by atoms with Gasteiger partial charge in [-0.2, -0.15) is 0 Å². The van der Waals surface area contributed by atoms with Gasteiger partial charge in [-0.25, -0.2) is 4.98 Å². The minimum Gasteiger partial charge on any atom is -0.510 e. The Morgan fingerprint density at radius 1 is 1.42 bits per heavy atom. The molecule has 0 unspecified atom stereocenters. The summed E-state index contributed by atoms with van der Waals surface area (Å²) >= 11 is 0. The van der Waals surface area contributed by atoms with Crippen LogP contribution in [0.3, 0.4) is 0 Å². The van der Waals surface area contributed by atoms with Crippen LogP contribution in [0.15, 0.2) is 30.0 Å². The van der Waals surface area contributed by atoms with Gasteiger partial charge in [0.1, 0.15) is 17.4 Å². The second kappa shape index (κ2) is 4.42. The SMILES string of the molecule is CCCN1CC(O)=C(c2nc3ccccc3[nH]2)C1=N. The first-order chi connectivity index (χ1) is 9.20. The second-order valence-electron chi connectivity index (χ2n) is 4.69. The largest absolute Gasteiger partial charge is 0.510 e. The van der Waals surface area contributed by atoms with Gasteiger partial charge in [-0.1, -0.05) is 19.1 Å². The highest BCUT2D eigenvalue weighted by Crippen LogP contribution is 2.26. The minimum atomic E-state index is 0.220. The molecule has 1 aromatic heterocycles. The maximum atomic E-state index is 10.1. The van der Waals surface area contributed by atoms with Crippen molar-refractivity contribution in [3.63, 3.8) is 0 Å². The lowest BCUT2D eigenvalue weighted by Crippen LogP contribution is -2.27. The average Bonchev–Trinajstić information content (AvgIpc) is 2.91. The van der Waals surface area contributed by atoms with Gasteiger partial charge in [-0.3, -0.25) is 5.41 Å². The van der Waals surface area contributed by atoms with Gasteiger partial charge in [0.05, 0.1) is 23.2 Å². The van der Waals surface area contributed by atoms with Crippen LogP contribution in [0.25, 0.3) is 16.6 Å². The molecule has 0 amide bonds. The summed E-state index contributed by atoms with van der Waals surface area (Å²) in [6.45, 7) is 3.23. The van der Waals surface area contributed by atoms with Crippen molar-refractivity contribution in [2.75, 3.05) is 13.1 Å². The molecule has 0 saturated heterocycles. The number of rotatable bonds is 3. The molecule has 3 N–H and O–H groups in total. The van der Waals surface area contributed by atoms with Crippen LogP contribution in [0.2, 0.25) is 0 Å². The number of nitrogens with zero attached hydrogens (tertiary/aromatic N) is 2. The smallest absolute Gasteiger partial charge is 0.145 e. The fraction of sp³-hybridized carbons (Fsp3) is 0.286. The number of aromatic amines is 1. The molecule has 0 radical (unpaired) electrons. The van der Waals surface area contributed by atoms with Gasteiger partial charge in [0, 0.05) is 6.54 Å². The highest BCUT2D eigenvalue weighted by molar-refractivity contribution is 6.23. The van der Waals surface area contributed by atoms with Gasteiger partial charge in [0.2, 0.25) is 0 Å². The van der Waals surface area contributed by atoms with Crippen LogP contribution in [0.5, 0.6) is 0 Å². The van der Waals surface area contributed by atoms with E-state index in [0.717, 1.165) is 24.0 Å². The maximum Gasteiger partial charge on any atom is 0.145 e. The summed E-state index contributed by atoms with van der Waals surface area (Å²) in [7, 11) is 0. The first-order valence-corrected chi connectivity index (χ1v) is 6.41. The van der Waals surface area contributed by atoms with Crippen LogP contribution < -0.4 is 0 Å². The fourth-order valence-electron chi connectivity index (χ4n) is 2.41. The van der Waals surface area contributed by atoms with Crippen LogP contribution >= 0.6 is 0 Å². The molecule has 1 aliphatic rings. The Kier molecular flexibility index (Phi) is 2.74. The molecule has 2 heterocycles. The third-order valence-corrected chi connectivity index (χ3v) is 3.30. The van der Waals surface area contributed by atoms with Crippen LogP contribution in [0.4, 0.5) is 0 Å². The number of fused-ring (bicyclic) bond motifs is 1. The highest BCUT2D eigenvalue weighted by atomic mass is 16.3. The number of hydrogen-bond donors (Lipinski definition) is 3. The Labute approximate surface area is 111 Å². The van der Waals surface area contributed by atoms with Gasteiger partial charge in [0.25, 0.3) is 0 Å². The quantitative estimate of drug-likeness (QED) is 0.789. The summed E-state index contributed by atoms with van der Waals surface area (Å²) in [4.78, 5) is 9.47. The summed E-state index contributed by atoms with van der Waals surface area (Å²) in [5.74, 6) is 1.14. The molecule has 3 rings (SSSR count). The van der Waals surface area contributed by atoms with E-state index in [2.05, 4.69) is 16.9 Å². The normalized spacial score (nSPS) is 15.8. The number of imidazole rings is 1. The van der Waals surface area contributed by atoms with Crippen molar-refractivity contribution in [1.82, 2.24) is 14.9 Å². The molecule has 0 aliphatic carbocycles. The first-order valence-electron chi connectivity index (χ1n) is 6.41. The van der Waals surface area contributed by atoms with Crippen LogP contribution in [0.1, 0.15) is 19.2 Å². The van der Waals surface area contributed by atoms with Gasteiger partial charge in [-0.15, -0.1) is 0 Å². The van der Waals surface area contributed by atoms with Crippen molar-refractivity contribution in [3.8, 4) is 0 Å². The molecule has 19 heavy (non-hydrogen) atoms.